The Hall–Kier alpha value is -5.78. The molecule has 0 saturated heterocycles. The molecule has 0 radical (unpaired) electrons. The van der Waals surface area contributed by atoms with Crippen molar-refractivity contribution in [2.75, 3.05) is 6.79 Å². The summed E-state index contributed by atoms with van der Waals surface area (Å²) in [6, 6.07) is 18.5. The molecular weight excluding hydrogens is 518 g/mol. The first-order valence-electron chi connectivity index (χ1n) is 12.2. The molecule has 6 aromatic rings. The first-order chi connectivity index (χ1) is 19.6. The molecule has 0 saturated carbocycles. The number of nitro benzene ring substituents is 1. The van der Waals surface area contributed by atoms with Gasteiger partial charge in [0, 0.05) is 17.2 Å². The number of para-hydroxylation sites is 2. The number of rotatable bonds is 3. The number of ether oxygens (including phenoxy) is 3. The minimum absolute atomic E-state index is 0.114. The minimum Gasteiger partial charge on any atom is -0.454 e. The van der Waals surface area contributed by atoms with Crippen molar-refractivity contribution in [3.63, 3.8) is 0 Å². The summed E-state index contributed by atoms with van der Waals surface area (Å²) in [7, 11) is 0. The van der Waals surface area contributed by atoms with E-state index in [0.29, 0.717) is 45.1 Å². The van der Waals surface area contributed by atoms with Gasteiger partial charge in [0.25, 0.3) is 5.69 Å². The van der Waals surface area contributed by atoms with Crippen molar-refractivity contribution in [1.29, 1.82) is 0 Å². The third-order valence-electron chi connectivity index (χ3n) is 7.04. The number of nitrogens with zero attached hydrogens (tertiary/aromatic N) is 5. The van der Waals surface area contributed by atoms with E-state index in [1.165, 1.54) is 16.9 Å². The maximum atomic E-state index is 13.5. The minimum atomic E-state index is -0.980. The van der Waals surface area contributed by atoms with Crippen LogP contribution in [0.1, 0.15) is 22.6 Å². The lowest BCUT2D eigenvalue weighted by Gasteiger charge is -2.27. The van der Waals surface area contributed by atoms with E-state index in [1.54, 1.807) is 60.7 Å². The van der Waals surface area contributed by atoms with E-state index in [4.69, 9.17) is 23.6 Å². The van der Waals surface area contributed by atoms with Gasteiger partial charge in [0.2, 0.25) is 12.7 Å². The van der Waals surface area contributed by atoms with Gasteiger partial charge in [0.15, 0.2) is 28.7 Å². The molecule has 12 nitrogen and oxygen atoms in total. The lowest BCUT2D eigenvalue weighted by Crippen LogP contribution is -2.23. The van der Waals surface area contributed by atoms with E-state index in [9.17, 15) is 14.9 Å². The molecule has 194 valence electrons. The average Bonchev–Trinajstić information content (AvgIpc) is 3.63. The highest BCUT2D eigenvalue weighted by Gasteiger charge is 2.40. The Kier molecular flexibility index (Phi) is 4.50. The largest absolute Gasteiger partial charge is 0.454 e. The van der Waals surface area contributed by atoms with Crippen LogP contribution in [0.15, 0.2) is 82.3 Å². The normalized spacial score (nSPS) is 15.1. The van der Waals surface area contributed by atoms with Gasteiger partial charge in [0.1, 0.15) is 11.9 Å². The molecule has 5 heterocycles. The number of aromatic nitrogens is 4. The summed E-state index contributed by atoms with van der Waals surface area (Å²) in [5.41, 5.74) is 1.18. The van der Waals surface area contributed by atoms with Crippen LogP contribution >= 0.6 is 0 Å². The SMILES string of the molecule is O=c1oc2ccccc2c2c1C(c1ccccc1[N+](=O)[O-])c1c(ncn3nc(-c4ccc5c(c4)OCO5)nc13)O2. The summed E-state index contributed by atoms with van der Waals surface area (Å²) in [5.74, 6) is 0.943. The molecule has 1 atom stereocenters. The van der Waals surface area contributed by atoms with Gasteiger partial charge in [-0.3, -0.25) is 10.1 Å². The molecule has 2 aliphatic rings. The zero-order valence-corrected chi connectivity index (χ0v) is 20.3. The molecule has 0 bridgehead atoms. The number of hydrogen-bond acceptors (Lipinski definition) is 10. The van der Waals surface area contributed by atoms with Crippen LogP contribution in [0.2, 0.25) is 0 Å². The molecule has 40 heavy (non-hydrogen) atoms. The van der Waals surface area contributed by atoms with Crippen LogP contribution in [-0.2, 0) is 0 Å². The van der Waals surface area contributed by atoms with Crippen LogP contribution in [-0.4, -0.2) is 31.3 Å². The molecule has 0 amide bonds. The van der Waals surface area contributed by atoms with Crippen molar-refractivity contribution >= 4 is 22.3 Å². The van der Waals surface area contributed by atoms with Crippen molar-refractivity contribution in [3.05, 3.63) is 110 Å². The highest BCUT2D eigenvalue weighted by Crippen LogP contribution is 2.50. The van der Waals surface area contributed by atoms with Gasteiger partial charge in [-0.15, -0.1) is 5.10 Å². The summed E-state index contributed by atoms with van der Waals surface area (Å²) >= 11 is 0. The Morgan fingerprint density at radius 1 is 0.975 bits per heavy atom. The average molecular weight is 533 g/mol. The number of nitro groups is 1. The van der Waals surface area contributed by atoms with Crippen LogP contribution in [0.25, 0.3) is 28.0 Å². The van der Waals surface area contributed by atoms with Gasteiger partial charge in [-0.2, -0.15) is 0 Å². The fourth-order valence-electron chi connectivity index (χ4n) is 5.30. The van der Waals surface area contributed by atoms with Gasteiger partial charge in [-0.05, 0) is 30.3 Å². The number of benzene rings is 3. The summed E-state index contributed by atoms with van der Waals surface area (Å²) in [6.07, 6.45) is 1.45. The van der Waals surface area contributed by atoms with Crippen LogP contribution in [0.5, 0.6) is 23.1 Å². The fourth-order valence-corrected chi connectivity index (χ4v) is 5.30. The highest BCUT2D eigenvalue weighted by molar-refractivity contribution is 5.87. The molecule has 8 rings (SSSR count). The van der Waals surface area contributed by atoms with Crippen molar-refractivity contribution < 1.29 is 23.6 Å². The molecule has 2 aliphatic heterocycles. The second kappa shape index (κ2) is 8.11. The standard InChI is InChI=1S/C28H15N5O7/c34-28-22-21(15-5-1-3-7-17(15)33(35)36)23-26-30-25(14-9-10-19-20(11-14)38-13-37-19)31-32(26)12-29-27(23)40-24(22)16-6-2-4-8-18(16)39-28/h1-12,21H,13H2. The molecule has 3 aromatic heterocycles. The monoisotopic (exact) mass is 533 g/mol. The van der Waals surface area contributed by atoms with Gasteiger partial charge >= 0.3 is 5.63 Å². The number of hydrogen-bond donors (Lipinski definition) is 0. The van der Waals surface area contributed by atoms with E-state index >= 15 is 0 Å². The molecular formula is C28H15N5O7. The fraction of sp³-hybridized carbons (Fsp3) is 0.0714. The molecule has 12 heteroatoms. The van der Waals surface area contributed by atoms with Crippen molar-refractivity contribution in [3.8, 4) is 34.5 Å². The Bertz CT molecular complexity index is 2100. The van der Waals surface area contributed by atoms with Crippen molar-refractivity contribution in [2.45, 2.75) is 5.92 Å². The van der Waals surface area contributed by atoms with E-state index < -0.39 is 16.5 Å². The van der Waals surface area contributed by atoms with Crippen LogP contribution in [0.3, 0.4) is 0 Å². The van der Waals surface area contributed by atoms with Crippen LogP contribution in [0, 0.1) is 10.1 Å². The first-order valence-corrected chi connectivity index (χ1v) is 12.2. The first kappa shape index (κ1) is 22.2. The van der Waals surface area contributed by atoms with E-state index in [1.807, 2.05) is 0 Å². The summed E-state index contributed by atoms with van der Waals surface area (Å²) in [6.45, 7) is 0.125. The third kappa shape index (κ3) is 3.13. The molecule has 0 fully saturated rings. The lowest BCUT2D eigenvalue weighted by molar-refractivity contribution is -0.385. The molecule has 0 aliphatic carbocycles. The Balaban J connectivity index is 1.43. The van der Waals surface area contributed by atoms with E-state index in [-0.39, 0.29) is 35.2 Å². The summed E-state index contributed by atoms with van der Waals surface area (Å²) in [5, 5.41) is 17.3. The Labute approximate surface area is 223 Å². The lowest BCUT2D eigenvalue weighted by atomic mass is 9.83. The molecule has 0 spiro atoms. The topological polar surface area (TPSA) is 144 Å². The van der Waals surface area contributed by atoms with Gasteiger partial charge in [0.05, 0.1) is 27.4 Å². The predicted octanol–water partition coefficient (Wildman–Crippen LogP) is 4.82. The van der Waals surface area contributed by atoms with Gasteiger partial charge in [-0.25, -0.2) is 19.3 Å². The predicted molar refractivity (Wildman–Crippen MR) is 139 cm³/mol. The maximum absolute atomic E-state index is 13.5. The quantitative estimate of drug-likeness (QED) is 0.176. The zero-order chi connectivity index (χ0) is 27.0. The van der Waals surface area contributed by atoms with Gasteiger partial charge in [-0.1, -0.05) is 30.3 Å². The highest BCUT2D eigenvalue weighted by atomic mass is 16.7. The maximum Gasteiger partial charge on any atom is 0.344 e. The zero-order valence-electron chi connectivity index (χ0n) is 20.3. The van der Waals surface area contributed by atoms with Crippen LogP contribution in [0.4, 0.5) is 5.69 Å². The molecule has 1 unspecified atom stereocenters. The second-order valence-electron chi connectivity index (χ2n) is 9.21. The smallest absolute Gasteiger partial charge is 0.344 e. The Morgan fingerprint density at radius 3 is 2.70 bits per heavy atom. The summed E-state index contributed by atoms with van der Waals surface area (Å²) in [4.78, 5) is 34.4. The van der Waals surface area contributed by atoms with Crippen LogP contribution < -0.4 is 19.8 Å². The number of fused-ring (bicyclic) bond motifs is 7. The Morgan fingerprint density at radius 2 is 1.80 bits per heavy atom. The van der Waals surface area contributed by atoms with E-state index in [0.717, 1.165) is 0 Å². The molecule has 3 aromatic carbocycles. The second-order valence-corrected chi connectivity index (χ2v) is 9.21. The third-order valence-corrected chi connectivity index (χ3v) is 7.04. The van der Waals surface area contributed by atoms with E-state index in [2.05, 4.69) is 10.1 Å². The van der Waals surface area contributed by atoms with Crippen molar-refractivity contribution in [1.82, 2.24) is 19.6 Å². The van der Waals surface area contributed by atoms with Gasteiger partial charge < -0.3 is 18.6 Å². The molecule has 0 N–H and O–H groups in total. The summed E-state index contributed by atoms with van der Waals surface area (Å²) < 4.78 is 24.3. The van der Waals surface area contributed by atoms with Crippen molar-refractivity contribution in [2.24, 2.45) is 0 Å².